The van der Waals surface area contributed by atoms with Crippen molar-refractivity contribution in [3.63, 3.8) is 0 Å². The van der Waals surface area contributed by atoms with E-state index >= 15 is 0 Å². The van der Waals surface area contributed by atoms with E-state index in [4.69, 9.17) is 5.11 Å². The number of carboxylic acids is 1. The van der Waals surface area contributed by atoms with Crippen LogP contribution in [0.4, 0.5) is 0 Å². The van der Waals surface area contributed by atoms with Crippen LogP contribution in [0.15, 0.2) is 24.3 Å². The third kappa shape index (κ3) is 3.69. The Morgan fingerprint density at radius 3 is 2.47 bits per heavy atom. The van der Waals surface area contributed by atoms with Crippen LogP contribution >= 0.6 is 22.6 Å². The summed E-state index contributed by atoms with van der Waals surface area (Å²) in [5.74, 6) is -1.18. The molecule has 0 radical (unpaired) electrons. The normalized spacial score (nSPS) is 11.0. The highest BCUT2D eigenvalue weighted by Gasteiger charge is 2.27. The minimum absolute atomic E-state index is 0.103. The van der Waals surface area contributed by atoms with Crippen LogP contribution in [0, 0.1) is 8.99 Å². The number of halogens is 1. The van der Waals surface area contributed by atoms with Crippen molar-refractivity contribution >= 4 is 34.5 Å². The number of nitrogens with one attached hydrogen (secondary N) is 1. The number of carboxylic acid groups (broad SMARTS) is 1. The molecular formula is C12H14INO3. The Bertz CT molecular complexity index is 443. The molecule has 5 heteroatoms. The molecule has 0 bridgehead atoms. The van der Waals surface area contributed by atoms with Gasteiger partial charge in [0.05, 0.1) is 11.0 Å². The molecule has 1 aromatic rings. The zero-order valence-electron chi connectivity index (χ0n) is 9.66. The Balaban J connectivity index is 2.69. The van der Waals surface area contributed by atoms with E-state index in [1.54, 1.807) is 26.0 Å². The molecule has 0 aliphatic rings. The highest BCUT2D eigenvalue weighted by Crippen LogP contribution is 2.15. The smallest absolute Gasteiger partial charge is 0.310 e. The largest absolute Gasteiger partial charge is 0.481 e. The lowest BCUT2D eigenvalue weighted by Crippen LogP contribution is -2.39. The molecular weight excluding hydrogens is 333 g/mol. The molecule has 1 amide bonds. The molecule has 0 heterocycles. The molecule has 17 heavy (non-hydrogen) atoms. The van der Waals surface area contributed by atoms with Gasteiger partial charge in [-0.15, -0.1) is 0 Å². The molecule has 0 atom stereocenters. The fraction of sp³-hybridized carbons (Fsp3) is 0.333. The number of aliphatic carboxylic acids is 1. The van der Waals surface area contributed by atoms with Gasteiger partial charge in [0.2, 0.25) is 0 Å². The topological polar surface area (TPSA) is 66.4 Å². The van der Waals surface area contributed by atoms with Crippen molar-refractivity contribution in [3.05, 3.63) is 33.4 Å². The fourth-order valence-electron chi connectivity index (χ4n) is 1.12. The predicted molar refractivity (Wildman–Crippen MR) is 72.9 cm³/mol. The Hall–Kier alpha value is -1.11. The molecule has 0 saturated heterocycles. The molecule has 0 aliphatic carbocycles. The van der Waals surface area contributed by atoms with Gasteiger partial charge in [-0.1, -0.05) is 12.1 Å². The van der Waals surface area contributed by atoms with Crippen LogP contribution < -0.4 is 5.32 Å². The quantitative estimate of drug-likeness (QED) is 0.820. The Labute approximate surface area is 114 Å². The lowest BCUT2D eigenvalue weighted by molar-refractivity contribution is -0.146. The summed E-state index contributed by atoms with van der Waals surface area (Å²) in [6.45, 7) is 3.25. The zero-order chi connectivity index (χ0) is 13.1. The third-order valence-corrected chi connectivity index (χ3v) is 3.33. The summed E-state index contributed by atoms with van der Waals surface area (Å²) in [6.07, 6.45) is 0. The average Bonchev–Trinajstić information content (AvgIpc) is 2.26. The first-order chi connectivity index (χ1) is 7.84. The van der Waals surface area contributed by atoms with Gasteiger partial charge < -0.3 is 10.4 Å². The number of rotatable bonds is 4. The number of hydrogen-bond acceptors (Lipinski definition) is 2. The SMILES string of the molecule is CC(C)(CNC(=O)c1ccccc1I)C(=O)O. The van der Waals surface area contributed by atoms with Crippen LogP contribution in [0.2, 0.25) is 0 Å². The highest BCUT2D eigenvalue weighted by molar-refractivity contribution is 14.1. The van der Waals surface area contributed by atoms with E-state index in [1.165, 1.54) is 0 Å². The van der Waals surface area contributed by atoms with Crippen LogP contribution in [0.5, 0.6) is 0 Å². The van der Waals surface area contributed by atoms with E-state index in [-0.39, 0.29) is 12.5 Å². The number of hydrogen-bond donors (Lipinski definition) is 2. The van der Waals surface area contributed by atoms with Crippen LogP contribution in [0.3, 0.4) is 0 Å². The van der Waals surface area contributed by atoms with E-state index in [1.807, 2.05) is 12.1 Å². The predicted octanol–water partition coefficient (Wildman–Crippen LogP) is 2.13. The lowest BCUT2D eigenvalue weighted by Gasteiger charge is -2.19. The molecule has 0 spiro atoms. The number of carbonyl (C=O) groups excluding carboxylic acids is 1. The van der Waals surface area contributed by atoms with Crippen molar-refractivity contribution in [2.45, 2.75) is 13.8 Å². The standard InChI is InChI=1S/C12H14INO3/c1-12(2,11(16)17)7-14-10(15)8-5-3-4-6-9(8)13/h3-6H,7H2,1-2H3,(H,14,15)(H,16,17). The van der Waals surface area contributed by atoms with Crippen LogP contribution in [0.25, 0.3) is 0 Å². The number of amides is 1. The summed E-state index contributed by atoms with van der Waals surface area (Å²) in [7, 11) is 0. The van der Waals surface area contributed by atoms with Gasteiger partial charge in [-0.2, -0.15) is 0 Å². The first-order valence-corrected chi connectivity index (χ1v) is 6.18. The van der Waals surface area contributed by atoms with Gasteiger partial charge in [-0.3, -0.25) is 9.59 Å². The monoisotopic (exact) mass is 347 g/mol. The molecule has 0 fully saturated rings. The zero-order valence-corrected chi connectivity index (χ0v) is 11.8. The van der Waals surface area contributed by atoms with Crippen LogP contribution in [0.1, 0.15) is 24.2 Å². The van der Waals surface area contributed by atoms with Crippen molar-refractivity contribution in [1.82, 2.24) is 5.32 Å². The van der Waals surface area contributed by atoms with E-state index in [2.05, 4.69) is 27.9 Å². The van der Waals surface area contributed by atoms with E-state index < -0.39 is 11.4 Å². The molecule has 0 unspecified atom stereocenters. The van der Waals surface area contributed by atoms with Crippen molar-refractivity contribution in [2.75, 3.05) is 6.54 Å². The molecule has 2 N–H and O–H groups in total. The second-order valence-corrected chi connectivity index (χ2v) is 5.51. The van der Waals surface area contributed by atoms with Crippen LogP contribution in [-0.4, -0.2) is 23.5 Å². The second-order valence-electron chi connectivity index (χ2n) is 4.35. The molecule has 0 aromatic heterocycles. The minimum Gasteiger partial charge on any atom is -0.481 e. The summed E-state index contributed by atoms with van der Waals surface area (Å²) in [6, 6.07) is 7.17. The summed E-state index contributed by atoms with van der Waals surface area (Å²) >= 11 is 2.07. The average molecular weight is 347 g/mol. The van der Waals surface area contributed by atoms with Gasteiger partial charge in [0.1, 0.15) is 0 Å². The van der Waals surface area contributed by atoms with Gasteiger partial charge in [0.25, 0.3) is 5.91 Å². The van der Waals surface area contributed by atoms with Crippen molar-refractivity contribution in [1.29, 1.82) is 0 Å². The maximum atomic E-state index is 11.8. The van der Waals surface area contributed by atoms with Gasteiger partial charge in [-0.05, 0) is 48.6 Å². The van der Waals surface area contributed by atoms with Crippen molar-refractivity contribution in [3.8, 4) is 0 Å². The van der Waals surface area contributed by atoms with Gasteiger partial charge >= 0.3 is 5.97 Å². The lowest BCUT2D eigenvalue weighted by atomic mass is 9.94. The van der Waals surface area contributed by atoms with Gasteiger partial charge in [-0.25, -0.2) is 0 Å². The van der Waals surface area contributed by atoms with E-state index in [0.29, 0.717) is 5.56 Å². The third-order valence-electron chi connectivity index (χ3n) is 2.39. The Morgan fingerprint density at radius 2 is 1.94 bits per heavy atom. The molecule has 1 rings (SSSR count). The summed E-state index contributed by atoms with van der Waals surface area (Å²) in [5.41, 5.74) is -0.398. The van der Waals surface area contributed by atoms with Gasteiger partial charge in [0, 0.05) is 10.1 Å². The Morgan fingerprint density at radius 1 is 1.35 bits per heavy atom. The van der Waals surface area contributed by atoms with Gasteiger partial charge in [0.15, 0.2) is 0 Å². The second kappa shape index (κ2) is 5.48. The van der Waals surface area contributed by atoms with Crippen molar-refractivity contribution < 1.29 is 14.7 Å². The maximum Gasteiger partial charge on any atom is 0.310 e. The maximum absolute atomic E-state index is 11.8. The fourth-order valence-corrected chi connectivity index (χ4v) is 1.75. The summed E-state index contributed by atoms with van der Waals surface area (Å²) < 4.78 is 0.843. The summed E-state index contributed by atoms with van der Waals surface area (Å²) in [5, 5.41) is 11.6. The van der Waals surface area contributed by atoms with Crippen molar-refractivity contribution in [2.24, 2.45) is 5.41 Å². The number of benzene rings is 1. The van der Waals surface area contributed by atoms with Crippen LogP contribution in [-0.2, 0) is 4.79 Å². The number of carbonyl (C=O) groups is 2. The highest BCUT2D eigenvalue weighted by atomic mass is 127. The first-order valence-electron chi connectivity index (χ1n) is 5.11. The van der Waals surface area contributed by atoms with E-state index in [0.717, 1.165) is 3.57 Å². The Kier molecular flexibility index (Phi) is 4.50. The first kappa shape index (κ1) is 14.0. The summed E-state index contributed by atoms with van der Waals surface area (Å²) in [4.78, 5) is 22.7. The molecule has 4 nitrogen and oxygen atoms in total. The molecule has 1 aromatic carbocycles. The minimum atomic E-state index is -0.962. The molecule has 0 aliphatic heterocycles. The molecule has 0 saturated carbocycles. The van der Waals surface area contributed by atoms with E-state index in [9.17, 15) is 9.59 Å². The molecule has 92 valence electrons.